The van der Waals surface area contributed by atoms with Crippen molar-refractivity contribution >= 4 is 16.7 Å². The molecule has 4 bridgehead atoms. The van der Waals surface area contributed by atoms with Gasteiger partial charge in [0.05, 0.1) is 11.7 Å². The van der Waals surface area contributed by atoms with E-state index in [0.717, 1.165) is 102 Å². The van der Waals surface area contributed by atoms with Gasteiger partial charge in [-0.15, -0.1) is 0 Å². The number of H-pyrrole nitrogens is 1. The summed E-state index contributed by atoms with van der Waals surface area (Å²) in [4.78, 5) is 25.4. The summed E-state index contributed by atoms with van der Waals surface area (Å²) in [5, 5.41) is 24.0. The Kier molecular flexibility index (Phi) is 10.0. The molecule has 4 aliphatic carbocycles. The molecule has 1 unspecified atom stereocenters. The molecule has 52 heavy (non-hydrogen) atoms. The molecule has 0 amide bonds. The van der Waals surface area contributed by atoms with Crippen molar-refractivity contribution in [2.24, 2.45) is 23.2 Å². The van der Waals surface area contributed by atoms with Gasteiger partial charge in [0, 0.05) is 85.8 Å². The summed E-state index contributed by atoms with van der Waals surface area (Å²) in [5.41, 5.74) is 6.51. The summed E-state index contributed by atoms with van der Waals surface area (Å²) in [6.07, 6.45) is 13.3. The topological polar surface area (TPSA) is 114 Å². The Morgan fingerprint density at radius 3 is 2.33 bits per heavy atom. The minimum atomic E-state index is -0.993. The van der Waals surface area contributed by atoms with E-state index in [9.17, 15) is 9.90 Å². The number of nitrogens with one attached hydrogen (secondary N) is 3. The lowest BCUT2D eigenvalue weighted by atomic mass is 9.49. The van der Waals surface area contributed by atoms with Crippen LogP contribution < -0.4 is 21.1 Å². The average molecular weight is 707 g/mol. The summed E-state index contributed by atoms with van der Waals surface area (Å²) in [7, 11) is 0. The maximum atomic E-state index is 12.6. The zero-order valence-corrected chi connectivity index (χ0v) is 31.6. The van der Waals surface area contributed by atoms with Crippen molar-refractivity contribution in [3.8, 4) is 11.1 Å². The van der Waals surface area contributed by atoms with Gasteiger partial charge in [-0.1, -0.05) is 0 Å². The van der Waals surface area contributed by atoms with Crippen LogP contribution in [-0.4, -0.2) is 75.6 Å². The molecule has 1 aromatic carbocycles. The Bertz CT molecular complexity index is 1890. The van der Waals surface area contributed by atoms with Crippen LogP contribution in [0.5, 0.6) is 0 Å². The van der Waals surface area contributed by atoms with E-state index in [4.69, 9.17) is 4.98 Å². The van der Waals surface area contributed by atoms with Gasteiger partial charge in [0.15, 0.2) is 0 Å². The van der Waals surface area contributed by atoms with Crippen LogP contribution >= 0.6 is 0 Å². The number of aliphatic hydroxyl groups excluding tert-OH is 1. The van der Waals surface area contributed by atoms with Crippen LogP contribution in [-0.2, 0) is 6.54 Å². The Labute approximate surface area is 308 Å². The summed E-state index contributed by atoms with van der Waals surface area (Å²) in [6.45, 7) is 15.7. The molecule has 10 heteroatoms. The average Bonchev–Trinajstić information content (AvgIpc) is 3.55. The second-order valence-electron chi connectivity index (χ2n) is 17.1. The highest BCUT2D eigenvalue weighted by atomic mass is 16.3. The molecule has 10 nitrogen and oxygen atoms in total. The van der Waals surface area contributed by atoms with Gasteiger partial charge in [-0.3, -0.25) is 19.7 Å². The quantitative estimate of drug-likeness (QED) is 0.0978. The third kappa shape index (κ3) is 7.32. The first-order valence-electron chi connectivity index (χ1n) is 19.9. The van der Waals surface area contributed by atoms with Crippen LogP contribution in [0.1, 0.15) is 93.4 Å². The number of aromatic amines is 1. The fourth-order valence-electron chi connectivity index (χ4n) is 10.6. The lowest BCUT2D eigenvalue weighted by Gasteiger charge is -2.57. The third-order valence-electron chi connectivity index (χ3n) is 12.9. The Morgan fingerprint density at radius 1 is 0.942 bits per heavy atom. The fourth-order valence-corrected chi connectivity index (χ4v) is 10.6. The van der Waals surface area contributed by atoms with Crippen LogP contribution in [0.15, 0.2) is 47.5 Å². The largest absolute Gasteiger partial charge is 0.374 e. The van der Waals surface area contributed by atoms with E-state index in [1.165, 1.54) is 51.5 Å². The Balaban J connectivity index is 0.873. The molecule has 9 rings (SSSR count). The van der Waals surface area contributed by atoms with E-state index < -0.39 is 6.23 Å². The van der Waals surface area contributed by atoms with Crippen LogP contribution in [0.4, 0.5) is 5.82 Å². The standard InChI is InChI=1S/C42H58N8O2/c1-27(2)50-38-20-34(19-35(37(38)26-46-50)40(51)45-25-36-28(3)15-29(4)47-41(36)52)33-5-6-39(44-24-33)49-13-11-48(12-14-49)10-9-43-8-7-42-21-30-16-31(22-42)18-32(17-30)23-42/h5-6,15,19-20,24,26-27,30-32,40,43,45,51H,7-14,16-18,21-23,25H2,1-4H3,(H,47,52). The molecule has 4 aromatic rings. The number of aliphatic hydroxyl groups is 1. The highest BCUT2D eigenvalue weighted by Gasteiger charge is 2.50. The normalized spacial score (nSPS) is 25.1. The maximum Gasteiger partial charge on any atom is 0.252 e. The first-order valence-corrected chi connectivity index (χ1v) is 19.9. The van der Waals surface area contributed by atoms with Crippen LogP contribution in [0.2, 0.25) is 0 Å². The predicted molar refractivity (Wildman–Crippen MR) is 208 cm³/mol. The molecule has 4 saturated carbocycles. The van der Waals surface area contributed by atoms with E-state index >= 15 is 0 Å². The molecule has 1 saturated heterocycles. The summed E-state index contributed by atoms with van der Waals surface area (Å²) >= 11 is 0. The Morgan fingerprint density at radius 2 is 1.67 bits per heavy atom. The van der Waals surface area contributed by atoms with E-state index in [1.54, 1.807) is 0 Å². The van der Waals surface area contributed by atoms with Crippen molar-refractivity contribution in [3.63, 3.8) is 0 Å². The molecule has 5 aliphatic rings. The Hall–Kier alpha value is -3.57. The minimum Gasteiger partial charge on any atom is -0.374 e. The van der Waals surface area contributed by atoms with Crippen molar-refractivity contribution in [1.82, 2.24) is 35.3 Å². The number of hydrogen-bond donors (Lipinski definition) is 4. The first-order chi connectivity index (χ1) is 25.1. The number of hydrogen-bond acceptors (Lipinski definition) is 8. The zero-order valence-electron chi connectivity index (χ0n) is 31.6. The lowest BCUT2D eigenvalue weighted by molar-refractivity contribution is -0.0567. The van der Waals surface area contributed by atoms with Crippen LogP contribution in [0, 0.1) is 37.0 Å². The lowest BCUT2D eigenvalue weighted by Crippen LogP contribution is -2.49. The number of pyridine rings is 2. The molecule has 4 N–H and O–H groups in total. The molecule has 1 atom stereocenters. The first kappa shape index (κ1) is 35.5. The number of fused-ring (bicyclic) bond motifs is 1. The van der Waals surface area contributed by atoms with Crippen molar-refractivity contribution in [3.05, 3.63) is 75.5 Å². The summed E-state index contributed by atoms with van der Waals surface area (Å²) < 4.78 is 1.99. The van der Waals surface area contributed by atoms with Gasteiger partial charge in [0.1, 0.15) is 12.0 Å². The second kappa shape index (κ2) is 14.7. The molecule has 3 aromatic heterocycles. The molecule has 0 radical (unpaired) electrons. The highest BCUT2D eigenvalue weighted by molar-refractivity contribution is 5.88. The molecular formula is C42H58N8O2. The van der Waals surface area contributed by atoms with Gasteiger partial charge in [-0.2, -0.15) is 5.10 Å². The van der Waals surface area contributed by atoms with Crippen molar-refractivity contribution in [2.75, 3.05) is 50.7 Å². The van der Waals surface area contributed by atoms with Crippen LogP contribution in [0.3, 0.4) is 0 Å². The molecule has 0 spiro atoms. The number of benzene rings is 1. The minimum absolute atomic E-state index is 0.134. The highest BCUT2D eigenvalue weighted by Crippen LogP contribution is 2.61. The van der Waals surface area contributed by atoms with Crippen LogP contribution in [0.25, 0.3) is 22.0 Å². The van der Waals surface area contributed by atoms with E-state index in [0.29, 0.717) is 11.0 Å². The van der Waals surface area contributed by atoms with Gasteiger partial charge in [-0.25, -0.2) is 4.98 Å². The van der Waals surface area contributed by atoms with E-state index in [2.05, 4.69) is 62.6 Å². The SMILES string of the molecule is Cc1cc(C)c(CNC(O)c2cc(-c3ccc(N4CCN(CCNCCC56CC7CC(CC(C7)C5)C6)CC4)nc3)cc3c2cnn3C(C)C)c(=O)[nH]1. The van der Waals surface area contributed by atoms with Gasteiger partial charge in [-0.05, 0) is 144 Å². The second-order valence-corrected chi connectivity index (χ2v) is 17.1. The third-order valence-corrected chi connectivity index (χ3v) is 12.9. The summed E-state index contributed by atoms with van der Waals surface area (Å²) in [6, 6.07) is 10.5. The zero-order chi connectivity index (χ0) is 36.0. The number of aromatic nitrogens is 4. The molecule has 278 valence electrons. The van der Waals surface area contributed by atoms with Gasteiger partial charge in [0.25, 0.3) is 5.56 Å². The molecular weight excluding hydrogens is 649 g/mol. The van der Waals surface area contributed by atoms with Crippen molar-refractivity contribution in [2.45, 2.75) is 91.5 Å². The number of anilines is 1. The van der Waals surface area contributed by atoms with E-state index in [1.807, 2.05) is 43.1 Å². The number of nitrogens with zero attached hydrogens (tertiary/aromatic N) is 5. The van der Waals surface area contributed by atoms with Gasteiger partial charge >= 0.3 is 0 Å². The number of piperazine rings is 1. The predicted octanol–water partition coefficient (Wildman–Crippen LogP) is 6.08. The number of rotatable bonds is 13. The smallest absolute Gasteiger partial charge is 0.252 e. The number of aryl methyl sites for hydroxylation is 2. The maximum absolute atomic E-state index is 12.6. The molecule has 4 heterocycles. The van der Waals surface area contributed by atoms with Crippen molar-refractivity contribution < 1.29 is 5.11 Å². The van der Waals surface area contributed by atoms with Gasteiger partial charge < -0.3 is 20.3 Å². The monoisotopic (exact) mass is 706 g/mol. The summed E-state index contributed by atoms with van der Waals surface area (Å²) in [5.74, 6) is 4.14. The van der Waals surface area contributed by atoms with Crippen molar-refractivity contribution in [1.29, 1.82) is 0 Å². The fraction of sp³-hybridized carbons (Fsp3) is 0.595. The van der Waals surface area contributed by atoms with Gasteiger partial charge in [0.2, 0.25) is 0 Å². The van der Waals surface area contributed by atoms with E-state index in [-0.39, 0.29) is 18.1 Å². The molecule has 1 aliphatic heterocycles. The molecule has 5 fully saturated rings.